The summed E-state index contributed by atoms with van der Waals surface area (Å²) in [6, 6.07) is 0. The number of carbonyl (C=O) groups is 1. The van der Waals surface area contributed by atoms with Crippen LogP contribution < -0.4 is 0 Å². The molecule has 0 amide bonds. The molecule has 15 heavy (non-hydrogen) atoms. The molecule has 0 radical (unpaired) electrons. The Labute approximate surface area is 89.6 Å². The third-order valence-corrected chi connectivity index (χ3v) is 2.82. The highest BCUT2D eigenvalue weighted by Gasteiger charge is 2.47. The molecule has 0 bridgehead atoms. The van der Waals surface area contributed by atoms with E-state index in [1.165, 1.54) is 0 Å². The highest BCUT2D eigenvalue weighted by Crippen LogP contribution is 2.40. The van der Waals surface area contributed by atoms with E-state index in [4.69, 9.17) is 9.94 Å². The summed E-state index contributed by atoms with van der Waals surface area (Å²) >= 11 is 0. The first kappa shape index (κ1) is 11.8. The Hall–Kier alpha value is -1.32. The Morgan fingerprint density at radius 3 is 2.93 bits per heavy atom. The highest BCUT2D eigenvalue weighted by atomic mass is 16.5. The summed E-state index contributed by atoms with van der Waals surface area (Å²) in [5, 5.41) is 12.0. The van der Waals surface area contributed by atoms with E-state index in [0.29, 0.717) is 25.9 Å². The Morgan fingerprint density at radius 1 is 1.80 bits per heavy atom. The molecule has 1 fully saturated rings. The third-order valence-electron chi connectivity index (χ3n) is 2.82. The minimum Gasteiger partial charge on any atom is -0.478 e. The second-order valence-electron chi connectivity index (χ2n) is 3.69. The summed E-state index contributed by atoms with van der Waals surface area (Å²) < 4.78 is 5.23. The standard InChI is InChI=1S/C11H17NO3/c1-3-7-11(8-5-6-9(11)13)10(12-14)15-4-2/h3,14H,1,4-8H2,2H3/b12-10+. The summed E-state index contributed by atoms with van der Waals surface area (Å²) in [6.07, 6.45) is 4.18. The molecule has 0 aliphatic heterocycles. The Kier molecular flexibility index (Phi) is 3.88. The largest absolute Gasteiger partial charge is 0.478 e. The van der Waals surface area contributed by atoms with Crippen LogP contribution in [0.5, 0.6) is 0 Å². The second-order valence-corrected chi connectivity index (χ2v) is 3.69. The van der Waals surface area contributed by atoms with E-state index in [1.807, 2.05) is 0 Å². The van der Waals surface area contributed by atoms with Crippen molar-refractivity contribution in [2.24, 2.45) is 10.6 Å². The van der Waals surface area contributed by atoms with Crippen molar-refractivity contribution in [3.05, 3.63) is 12.7 Å². The molecular weight excluding hydrogens is 194 g/mol. The number of Topliss-reactive ketones (excluding diaryl/α,β-unsaturated/α-hetero) is 1. The van der Waals surface area contributed by atoms with E-state index >= 15 is 0 Å². The van der Waals surface area contributed by atoms with E-state index in [0.717, 1.165) is 6.42 Å². The predicted octanol–water partition coefficient (Wildman–Crippen LogP) is 2.13. The van der Waals surface area contributed by atoms with Crippen LogP contribution in [0.15, 0.2) is 17.8 Å². The van der Waals surface area contributed by atoms with Crippen LogP contribution in [-0.2, 0) is 9.53 Å². The number of hydrogen-bond donors (Lipinski definition) is 1. The first-order chi connectivity index (χ1) is 7.21. The summed E-state index contributed by atoms with van der Waals surface area (Å²) in [6.45, 7) is 5.83. The first-order valence-corrected chi connectivity index (χ1v) is 5.20. The number of rotatable bonds is 4. The molecule has 1 N–H and O–H groups in total. The maximum atomic E-state index is 11.8. The van der Waals surface area contributed by atoms with Gasteiger partial charge in [0.1, 0.15) is 11.2 Å². The van der Waals surface area contributed by atoms with E-state index in [2.05, 4.69) is 11.7 Å². The molecule has 1 saturated carbocycles. The Balaban J connectivity index is 2.98. The molecule has 0 heterocycles. The van der Waals surface area contributed by atoms with Gasteiger partial charge in [-0.1, -0.05) is 11.2 Å². The van der Waals surface area contributed by atoms with Crippen molar-refractivity contribution in [3.8, 4) is 0 Å². The van der Waals surface area contributed by atoms with E-state index in [-0.39, 0.29) is 11.7 Å². The molecule has 4 heteroatoms. The monoisotopic (exact) mass is 211 g/mol. The summed E-state index contributed by atoms with van der Waals surface area (Å²) in [7, 11) is 0. The lowest BCUT2D eigenvalue weighted by Crippen LogP contribution is -2.36. The lowest BCUT2D eigenvalue weighted by atomic mass is 9.81. The van der Waals surface area contributed by atoms with Crippen LogP contribution in [0.4, 0.5) is 0 Å². The molecule has 1 rings (SSSR count). The molecule has 0 aromatic rings. The third kappa shape index (κ3) is 2.03. The quantitative estimate of drug-likeness (QED) is 0.255. The lowest BCUT2D eigenvalue weighted by molar-refractivity contribution is -0.123. The SMILES string of the molecule is C=CCC1(/C(=N\O)OCC)CCCC1=O. The van der Waals surface area contributed by atoms with Gasteiger partial charge in [-0.3, -0.25) is 4.79 Å². The van der Waals surface area contributed by atoms with Gasteiger partial charge >= 0.3 is 0 Å². The van der Waals surface area contributed by atoms with Gasteiger partial charge in [-0.2, -0.15) is 0 Å². The highest BCUT2D eigenvalue weighted by molar-refractivity contribution is 6.07. The normalized spacial score (nSPS) is 26.7. The van der Waals surface area contributed by atoms with Gasteiger partial charge in [0.2, 0.25) is 5.90 Å². The molecule has 1 unspecified atom stereocenters. The van der Waals surface area contributed by atoms with E-state index < -0.39 is 5.41 Å². The molecule has 0 saturated heterocycles. The number of hydrogen-bond acceptors (Lipinski definition) is 4. The molecular formula is C11H17NO3. The fraction of sp³-hybridized carbons (Fsp3) is 0.636. The number of carbonyl (C=O) groups excluding carboxylic acids is 1. The van der Waals surface area contributed by atoms with Gasteiger partial charge in [0.15, 0.2) is 0 Å². The molecule has 1 aliphatic carbocycles. The average Bonchev–Trinajstić information content (AvgIpc) is 2.58. The van der Waals surface area contributed by atoms with Crippen LogP contribution in [0, 0.1) is 5.41 Å². The van der Waals surface area contributed by atoms with Gasteiger partial charge in [-0.15, -0.1) is 6.58 Å². The average molecular weight is 211 g/mol. The number of allylic oxidation sites excluding steroid dienone is 1. The second kappa shape index (κ2) is 4.96. The number of ether oxygens (including phenoxy) is 1. The lowest BCUT2D eigenvalue weighted by Gasteiger charge is -2.25. The van der Waals surface area contributed by atoms with Crippen molar-refractivity contribution in [3.63, 3.8) is 0 Å². The smallest absolute Gasteiger partial charge is 0.239 e. The van der Waals surface area contributed by atoms with Crippen LogP contribution in [-0.4, -0.2) is 23.5 Å². The zero-order chi connectivity index (χ0) is 11.3. The molecule has 0 aromatic heterocycles. The Morgan fingerprint density at radius 2 is 2.53 bits per heavy atom. The topological polar surface area (TPSA) is 58.9 Å². The maximum absolute atomic E-state index is 11.8. The molecule has 4 nitrogen and oxygen atoms in total. The molecule has 1 atom stereocenters. The van der Waals surface area contributed by atoms with Crippen molar-refractivity contribution in [1.82, 2.24) is 0 Å². The predicted molar refractivity (Wildman–Crippen MR) is 57.0 cm³/mol. The van der Waals surface area contributed by atoms with Gasteiger partial charge in [0, 0.05) is 6.42 Å². The van der Waals surface area contributed by atoms with Crippen LogP contribution >= 0.6 is 0 Å². The van der Waals surface area contributed by atoms with Crippen LogP contribution in [0.2, 0.25) is 0 Å². The molecule has 1 aliphatic rings. The van der Waals surface area contributed by atoms with Gasteiger partial charge < -0.3 is 9.94 Å². The summed E-state index contributed by atoms with van der Waals surface area (Å²) in [5.41, 5.74) is -0.757. The van der Waals surface area contributed by atoms with E-state index in [9.17, 15) is 4.79 Å². The molecule has 0 spiro atoms. The van der Waals surface area contributed by atoms with Gasteiger partial charge in [0.05, 0.1) is 6.61 Å². The fourth-order valence-electron chi connectivity index (χ4n) is 2.10. The summed E-state index contributed by atoms with van der Waals surface area (Å²) in [4.78, 5) is 11.8. The maximum Gasteiger partial charge on any atom is 0.239 e. The van der Waals surface area contributed by atoms with Crippen molar-refractivity contribution in [2.75, 3.05) is 6.61 Å². The summed E-state index contributed by atoms with van der Waals surface area (Å²) in [5.74, 6) is 0.232. The Bertz CT molecular complexity index is 286. The fourth-order valence-corrected chi connectivity index (χ4v) is 2.10. The minimum absolute atomic E-state index is 0.0867. The van der Waals surface area contributed by atoms with Gasteiger partial charge in [-0.05, 0) is 26.2 Å². The number of ketones is 1. The van der Waals surface area contributed by atoms with Gasteiger partial charge in [0.25, 0.3) is 0 Å². The number of nitrogens with zero attached hydrogens (tertiary/aromatic N) is 1. The zero-order valence-electron chi connectivity index (χ0n) is 9.03. The van der Waals surface area contributed by atoms with Crippen LogP contribution in [0.25, 0.3) is 0 Å². The van der Waals surface area contributed by atoms with Gasteiger partial charge in [-0.25, -0.2) is 0 Å². The number of oxime groups is 1. The van der Waals surface area contributed by atoms with Crippen LogP contribution in [0.1, 0.15) is 32.6 Å². The van der Waals surface area contributed by atoms with Crippen molar-refractivity contribution < 1.29 is 14.7 Å². The zero-order valence-corrected chi connectivity index (χ0v) is 9.03. The minimum atomic E-state index is -0.757. The van der Waals surface area contributed by atoms with Crippen LogP contribution in [0.3, 0.4) is 0 Å². The van der Waals surface area contributed by atoms with E-state index in [1.54, 1.807) is 13.0 Å². The first-order valence-electron chi connectivity index (χ1n) is 5.20. The molecule has 84 valence electrons. The van der Waals surface area contributed by atoms with Crippen molar-refractivity contribution in [1.29, 1.82) is 0 Å². The van der Waals surface area contributed by atoms with Crippen molar-refractivity contribution >= 4 is 11.7 Å². The van der Waals surface area contributed by atoms with Crippen molar-refractivity contribution in [2.45, 2.75) is 32.6 Å². The molecule has 0 aromatic carbocycles.